The van der Waals surface area contributed by atoms with E-state index < -0.39 is 11.6 Å². The fourth-order valence-electron chi connectivity index (χ4n) is 1.82. The predicted molar refractivity (Wildman–Crippen MR) is 78.9 cm³/mol. The molecule has 1 nitrogen and oxygen atoms in total. The first-order valence-electron chi connectivity index (χ1n) is 6.56. The van der Waals surface area contributed by atoms with Gasteiger partial charge in [0.15, 0.2) is 0 Å². The number of nitrogens with two attached hydrogens (primary N) is 1. The first-order valence-corrected chi connectivity index (χ1v) is 7.37. The van der Waals surface area contributed by atoms with Crippen LogP contribution in [0.3, 0.4) is 0 Å². The third-order valence-corrected chi connectivity index (χ3v) is 4.11. The first kappa shape index (κ1) is 15.0. The lowest BCUT2D eigenvalue weighted by atomic mass is 10.1. The molecule has 2 aromatic carbocycles. The van der Waals surface area contributed by atoms with Crippen molar-refractivity contribution in [3.63, 3.8) is 0 Å². The summed E-state index contributed by atoms with van der Waals surface area (Å²) in [5.74, 6) is -0.840. The first-order chi connectivity index (χ1) is 9.58. The molecular formula is C16H17F2NS. The molecule has 0 spiro atoms. The molecule has 2 aromatic rings. The molecule has 0 fully saturated rings. The normalized spacial score (nSPS) is 12.4. The number of benzene rings is 2. The zero-order valence-corrected chi connectivity index (χ0v) is 12.1. The van der Waals surface area contributed by atoms with Crippen LogP contribution in [0.2, 0.25) is 0 Å². The number of halogens is 2. The third-order valence-electron chi connectivity index (χ3n) is 3.07. The largest absolute Gasteiger partial charge is 0.327 e. The SMILES string of the molecule is CCC(N)Cc1ccc(Sc2cc(F)ccc2F)cc1. The van der Waals surface area contributed by atoms with Gasteiger partial charge in [-0.05, 0) is 48.7 Å². The number of rotatable bonds is 5. The Labute approximate surface area is 122 Å². The molecule has 0 aliphatic heterocycles. The smallest absolute Gasteiger partial charge is 0.137 e. The van der Waals surface area contributed by atoms with Gasteiger partial charge in [0.1, 0.15) is 11.6 Å². The van der Waals surface area contributed by atoms with Crippen LogP contribution >= 0.6 is 11.8 Å². The zero-order chi connectivity index (χ0) is 14.5. The van der Waals surface area contributed by atoms with Crippen LogP contribution in [0.25, 0.3) is 0 Å². The highest BCUT2D eigenvalue weighted by molar-refractivity contribution is 7.99. The van der Waals surface area contributed by atoms with Gasteiger partial charge < -0.3 is 5.73 Å². The fraction of sp³-hybridized carbons (Fsp3) is 0.250. The molecular weight excluding hydrogens is 276 g/mol. The van der Waals surface area contributed by atoms with E-state index in [-0.39, 0.29) is 6.04 Å². The molecule has 0 aliphatic carbocycles. The highest BCUT2D eigenvalue weighted by Gasteiger charge is 2.07. The quantitative estimate of drug-likeness (QED) is 0.884. The summed E-state index contributed by atoms with van der Waals surface area (Å²) in [5.41, 5.74) is 7.06. The average molecular weight is 293 g/mol. The van der Waals surface area contributed by atoms with E-state index >= 15 is 0 Å². The van der Waals surface area contributed by atoms with Crippen molar-refractivity contribution in [2.24, 2.45) is 5.73 Å². The van der Waals surface area contributed by atoms with Gasteiger partial charge in [-0.25, -0.2) is 8.78 Å². The van der Waals surface area contributed by atoms with Crippen molar-refractivity contribution in [2.75, 3.05) is 0 Å². The van der Waals surface area contributed by atoms with E-state index in [1.165, 1.54) is 17.8 Å². The molecule has 1 atom stereocenters. The Morgan fingerprint density at radius 3 is 2.45 bits per heavy atom. The Morgan fingerprint density at radius 1 is 1.10 bits per heavy atom. The van der Waals surface area contributed by atoms with Gasteiger partial charge in [0, 0.05) is 10.9 Å². The summed E-state index contributed by atoms with van der Waals surface area (Å²) < 4.78 is 26.7. The minimum Gasteiger partial charge on any atom is -0.327 e. The molecule has 0 aromatic heterocycles. The van der Waals surface area contributed by atoms with Crippen LogP contribution in [0.5, 0.6) is 0 Å². The second-order valence-corrected chi connectivity index (χ2v) is 5.81. The molecule has 0 bridgehead atoms. The van der Waals surface area contributed by atoms with Crippen LogP contribution < -0.4 is 5.73 Å². The average Bonchev–Trinajstić information content (AvgIpc) is 2.45. The highest BCUT2D eigenvalue weighted by Crippen LogP contribution is 2.30. The van der Waals surface area contributed by atoms with Gasteiger partial charge in [-0.3, -0.25) is 0 Å². The molecule has 0 aliphatic rings. The molecule has 4 heteroatoms. The monoisotopic (exact) mass is 293 g/mol. The van der Waals surface area contributed by atoms with Gasteiger partial charge in [-0.1, -0.05) is 30.8 Å². The van der Waals surface area contributed by atoms with Crippen LogP contribution in [-0.4, -0.2) is 6.04 Å². The van der Waals surface area contributed by atoms with Gasteiger partial charge in [-0.15, -0.1) is 0 Å². The molecule has 1 unspecified atom stereocenters. The van der Waals surface area contributed by atoms with Crippen LogP contribution in [0, 0.1) is 11.6 Å². The molecule has 0 amide bonds. The maximum Gasteiger partial charge on any atom is 0.137 e. The summed E-state index contributed by atoms with van der Waals surface area (Å²) in [6.07, 6.45) is 1.76. The number of hydrogen-bond acceptors (Lipinski definition) is 2. The molecule has 0 saturated heterocycles. The maximum absolute atomic E-state index is 13.5. The van der Waals surface area contributed by atoms with Crippen molar-refractivity contribution in [2.45, 2.75) is 35.6 Å². The Bertz CT molecular complexity index is 569. The van der Waals surface area contributed by atoms with Crippen molar-refractivity contribution >= 4 is 11.8 Å². The Balaban J connectivity index is 2.09. The van der Waals surface area contributed by atoms with E-state index in [0.29, 0.717) is 4.90 Å². The minimum absolute atomic E-state index is 0.161. The maximum atomic E-state index is 13.5. The standard InChI is InChI=1S/C16H17F2NS/c1-2-13(19)9-11-3-6-14(7-4-11)20-16-10-12(17)5-8-15(16)18/h3-8,10,13H,2,9,19H2,1H3. The topological polar surface area (TPSA) is 26.0 Å². The molecule has 0 heterocycles. The Hall–Kier alpha value is -1.39. The lowest BCUT2D eigenvalue weighted by molar-refractivity contribution is 0.577. The summed E-state index contributed by atoms with van der Waals surface area (Å²) in [5, 5.41) is 0. The van der Waals surface area contributed by atoms with E-state index in [1.807, 2.05) is 24.3 Å². The van der Waals surface area contributed by atoms with Gasteiger partial charge in [0.2, 0.25) is 0 Å². The van der Waals surface area contributed by atoms with Crippen molar-refractivity contribution in [1.82, 2.24) is 0 Å². The van der Waals surface area contributed by atoms with E-state index in [1.54, 1.807) is 0 Å². The second-order valence-electron chi connectivity index (χ2n) is 4.69. The van der Waals surface area contributed by atoms with E-state index in [9.17, 15) is 8.78 Å². The molecule has 20 heavy (non-hydrogen) atoms. The van der Waals surface area contributed by atoms with Crippen molar-refractivity contribution in [1.29, 1.82) is 0 Å². The van der Waals surface area contributed by atoms with Crippen molar-refractivity contribution in [3.05, 3.63) is 59.7 Å². The van der Waals surface area contributed by atoms with E-state index in [4.69, 9.17) is 5.73 Å². The Kier molecular flexibility index (Phi) is 5.15. The van der Waals surface area contributed by atoms with E-state index in [0.717, 1.165) is 35.4 Å². The number of hydrogen-bond donors (Lipinski definition) is 1. The van der Waals surface area contributed by atoms with Crippen LogP contribution in [-0.2, 0) is 6.42 Å². The van der Waals surface area contributed by atoms with E-state index in [2.05, 4.69) is 6.92 Å². The summed E-state index contributed by atoms with van der Waals surface area (Å²) in [7, 11) is 0. The second kappa shape index (κ2) is 6.86. The lowest BCUT2D eigenvalue weighted by Gasteiger charge is -2.09. The highest BCUT2D eigenvalue weighted by atomic mass is 32.2. The molecule has 106 valence electrons. The molecule has 0 radical (unpaired) electrons. The van der Waals surface area contributed by atoms with Crippen molar-refractivity contribution in [3.8, 4) is 0 Å². The molecule has 2 rings (SSSR count). The van der Waals surface area contributed by atoms with Crippen molar-refractivity contribution < 1.29 is 8.78 Å². The third kappa shape index (κ3) is 4.05. The Morgan fingerprint density at radius 2 is 1.80 bits per heavy atom. The van der Waals surface area contributed by atoms with Gasteiger partial charge in [0.25, 0.3) is 0 Å². The van der Waals surface area contributed by atoms with Gasteiger partial charge >= 0.3 is 0 Å². The lowest BCUT2D eigenvalue weighted by Crippen LogP contribution is -2.21. The molecule has 2 N–H and O–H groups in total. The van der Waals surface area contributed by atoms with Gasteiger partial charge in [0.05, 0.1) is 4.90 Å². The van der Waals surface area contributed by atoms with Gasteiger partial charge in [-0.2, -0.15) is 0 Å². The predicted octanol–water partition coefficient (Wildman–Crippen LogP) is 4.40. The zero-order valence-electron chi connectivity index (χ0n) is 11.3. The van der Waals surface area contributed by atoms with Crippen LogP contribution in [0.1, 0.15) is 18.9 Å². The van der Waals surface area contributed by atoms with Crippen LogP contribution in [0.15, 0.2) is 52.3 Å². The minimum atomic E-state index is -0.431. The summed E-state index contributed by atoms with van der Waals surface area (Å²) in [4.78, 5) is 1.17. The van der Waals surface area contributed by atoms with Crippen LogP contribution in [0.4, 0.5) is 8.78 Å². The summed E-state index contributed by atoms with van der Waals surface area (Å²) in [6, 6.07) is 11.4. The fourth-order valence-corrected chi connectivity index (χ4v) is 2.69. The summed E-state index contributed by atoms with van der Waals surface area (Å²) >= 11 is 1.22. The summed E-state index contributed by atoms with van der Waals surface area (Å²) in [6.45, 7) is 2.06. The molecule has 0 saturated carbocycles.